The molecule has 16 heavy (non-hydrogen) atoms. The first-order chi connectivity index (χ1) is 7.54. The van der Waals surface area contributed by atoms with Gasteiger partial charge in [-0.05, 0) is 39.7 Å². The largest absolute Gasteiger partial charge is 0.478 e. The Labute approximate surface area is 109 Å². The summed E-state index contributed by atoms with van der Waals surface area (Å²) in [6.07, 6.45) is 1.56. The van der Waals surface area contributed by atoms with Crippen LogP contribution in [0, 0.1) is 0 Å². The standard InChI is InChI=1S/C11H8Br2O3/c12-6-9(11(15)16)5-7-1-3-8(4-2-7)10(13)14/h1-5H,6H2,(H,15,16). The van der Waals surface area contributed by atoms with E-state index in [-0.39, 0.29) is 15.6 Å². The smallest absolute Gasteiger partial charge is 0.332 e. The van der Waals surface area contributed by atoms with Crippen LogP contribution in [0.4, 0.5) is 0 Å². The molecule has 3 nitrogen and oxygen atoms in total. The van der Waals surface area contributed by atoms with Crippen molar-refractivity contribution >= 4 is 48.6 Å². The van der Waals surface area contributed by atoms with Crippen LogP contribution in [-0.4, -0.2) is 21.1 Å². The van der Waals surface area contributed by atoms with Gasteiger partial charge in [0.2, 0.25) is 4.69 Å². The van der Waals surface area contributed by atoms with E-state index >= 15 is 0 Å². The molecule has 0 aliphatic heterocycles. The Kier molecular flexibility index (Phi) is 4.89. The van der Waals surface area contributed by atoms with Crippen molar-refractivity contribution in [2.75, 3.05) is 5.33 Å². The molecule has 1 aromatic rings. The topological polar surface area (TPSA) is 54.4 Å². The highest BCUT2D eigenvalue weighted by Crippen LogP contribution is 2.12. The van der Waals surface area contributed by atoms with Crippen LogP contribution in [0.25, 0.3) is 6.08 Å². The van der Waals surface area contributed by atoms with Gasteiger partial charge in [-0.1, -0.05) is 28.1 Å². The molecule has 0 spiro atoms. The van der Waals surface area contributed by atoms with E-state index in [0.717, 1.165) is 5.56 Å². The lowest BCUT2D eigenvalue weighted by Crippen LogP contribution is -2.01. The number of rotatable bonds is 4. The number of carbonyl (C=O) groups excluding carboxylic acids is 1. The zero-order valence-electron chi connectivity index (χ0n) is 8.11. The van der Waals surface area contributed by atoms with Crippen molar-refractivity contribution in [3.8, 4) is 0 Å². The number of hydrogen-bond donors (Lipinski definition) is 1. The molecule has 0 unspecified atom stereocenters. The molecule has 0 heterocycles. The maximum atomic E-state index is 10.9. The van der Waals surface area contributed by atoms with Crippen molar-refractivity contribution < 1.29 is 14.7 Å². The van der Waals surface area contributed by atoms with Crippen molar-refractivity contribution in [1.82, 2.24) is 0 Å². The SMILES string of the molecule is O=C(O)C(=Cc1ccc(C(=O)Br)cc1)CBr. The van der Waals surface area contributed by atoms with Gasteiger partial charge in [0.05, 0.1) is 0 Å². The molecule has 1 aromatic carbocycles. The van der Waals surface area contributed by atoms with E-state index in [1.165, 1.54) is 0 Å². The number of carbonyl (C=O) groups is 2. The summed E-state index contributed by atoms with van der Waals surface area (Å²) in [5, 5.41) is 9.10. The van der Waals surface area contributed by atoms with Crippen LogP contribution in [0.5, 0.6) is 0 Å². The molecule has 5 heteroatoms. The normalized spacial score (nSPS) is 11.2. The molecule has 1 rings (SSSR count). The van der Waals surface area contributed by atoms with Gasteiger partial charge in [-0.3, -0.25) is 4.79 Å². The van der Waals surface area contributed by atoms with E-state index in [0.29, 0.717) is 5.56 Å². The first-order valence-corrected chi connectivity index (χ1v) is 6.25. The monoisotopic (exact) mass is 346 g/mol. The minimum atomic E-state index is -0.961. The number of alkyl halides is 1. The fraction of sp³-hybridized carbons (Fsp3) is 0.0909. The molecule has 84 valence electrons. The molecule has 0 saturated heterocycles. The van der Waals surface area contributed by atoms with Crippen molar-refractivity contribution in [1.29, 1.82) is 0 Å². The Morgan fingerprint density at radius 3 is 2.19 bits per heavy atom. The van der Waals surface area contributed by atoms with Crippen LogP contribution >= 0.6 is 31.9 Å². The second-order valence-corrected chi connectivity index (χ2v) is 4.29. The highest BCUT2D eigenvalue weighted by atomic mass is 79.9. The molecule has 0 amide bonds. The predicted molar refractivity (Wildman–Crippen MR) is 69.1 cm³/mol. The maximum Gasteiger partial charge on any atom is 0.332 e. The molecule has 0 aromatic heterocycles. The van der Waals surface area contributed by atoms with Crippen molar-refractivity contribution in [2.24, 2.45) is 0 Å². The summed E-state index contributed by atoms with van der Waals surface area (Å²) in [5.41, 5.74) is 1.54. The minimum Gasteiger partial charge on any atom is -0.478 e. The quantitative estimate of drug-likeness (QED) is 0.517. The zero-order chi connectivity index (χ0) is 12.1. The Hall–Kier alpha value is -0.940. The molecule has 0 radical (unpaired) electrons. The molecular weight excluding hydrogens is 340 g/mol. The van der Waals surface area contributed by atoms with Crippen LogP contribution in [0.15, 0.2) is 29.8 Å². The number of carboxylic acid groups (broad SMARTS) is 1. The number of carboxylic acids is 1. The third-order valence-electron chi connectivity index (χ3n) is 1.90. The third kappa shape index (κ3) is 3.57. The molecule has 0 atom stereocenters. The molecule has 0 saturated carbocycles. The first kappa shape index (κ1) is 13.1. The maximum absolute atomic E-state index is 10.9. The summed E-state index contributed by atoms with van der Waals surface area (Å²) in [4.78, 5) is 21.7. The summed E-state index contributed by atoms with van der Waals surface area (Å²) in [6.45, 7) is 0. The average molecular weight is 348 g/mol. The Bertz CT molecular complexity index is 435. The lowest BCUT2D eigenvalue weighted by atomic mass is 10.1. The highest BCUT2D eigenvalue weighted by molar-refractivity contribution is 9.18. The van der Waals surface area contributed by atoms with Gasteiger partial charge in [0.25, 0.3) is 0 Å². The highest BCUT2D eigenvalue weighted by Gasteiger charge is 2.05. The molecule has 0 aliphatic carbocycles. The van der Waals surface area contributed by atoms with Gasteiger partial charge >= 0.3 is 5.97 Å². The molecule has 0 bridgehead atoms. The molecule has 0 fully saturated rings. The van der Waals surface area contributed by atoms with Gasteiger partial charge in [0, 0.05) is 16.5 Å². The Morgan fingerprint density at radius 2 is 1.81 bits per heavy atom. The number of halogens is 2. The average Bonchev–Trinajstić information content (AvgIpc) is 2.26. The van der Waals surface area contributed by atoms with Crippen molar-refractivity contribution in [2.45, 2.75) is 0 Å². The summed E-state index contributed by atoms with van der Waals surface area (Å²) in [7, 11) is 0. The predicted octanol–water partition coefficient (Wildman–Crippen LogP) is 3.08. The van der Waals surface area contributed by atoms with Gasteiger partial charge in [0.1, 0.15) is 0 Å². The number of hydrogen-bond acceptors (Lipinski definition) is 2. The van der Waals surface area contributed by atoms with Crippen LogP contribution in [-0.2, 0) is 4.79 Å². The second kappa shape index (κ2) is 5.96. The minimum absolute atomic E-state index is 0.193. The molecular formula is C11H8Br2O3. The lowest BCUT2D eigenvalue weighted by Gasteiger charge is -1.99. The van der Waals surface area contributed by atoms with Gasteiger partial charge < -0.3 is 5.11 Å². The van der Waals surface area contributed by atoms with E-state index in [2.05, 4.69) is 31.9 Å². The number of aliphatic carboxylic acids is 1. The Balaban J connectivity index is 2.98. The first-order valence-electron chi connectivity index (χ1n) is 4.34. The van der Waals surface area contributed by atoms with Crippen molar-refractivity contribution in [3.05, 3.63) is 41.0 Å². The zero-order valence-corrected chi connectivity index (χ0v) is 11.3. The summed E-state index contributed by atoms with van der Waals surface area (Å²) < 4.78 is -0.193. The van der Waals surface area contributed by atoms with Gasteiger partial charge in [-0.2, -0.15) is 0 Å². The van der Waals surface area contributed by atoms with Gasteiger partial charge in [0.15, 0.2) is 0 Å². The fourth-order valence-electron chi connectivity index (χ4n) is 1.07. The van der Waals surface area contributed by atoms with E-state index in [9.17, 15) is 9.59 Å². The van der Waals surface area contributed by atoms with Gasteiger partial charge in [-0.25, -0.2) is 4.79 Å². The van der Waals surface area contributed by atoms with E-state index < -0.39 is 5.97 Å². The number of benzene rings is 1. The van der Waals surface area contributed by atoms with Gasteiger partial charge in [-0.15, -0.1) is 0 Å². The third-order valence-corrected chi connectivity index (χ3v) is 2.96. The van der Waals surface area contributed by atoms with E-state index in [1.807, 2.05) is 0 Å². The van der Waals surface area contributed by atoms with Crippen LogP contribution < -0.4 is 0 Å². The Morgan fingerprint density at radius 1 is 1.25 bits per heavy atom. The van der Waals surface area contributed by atoms with Crippen LogP contribution in [0.1, 0.15) is 15.9 Å². The van der Waals surface area contributed by atoms with Crippen LogP contribution in [0.3, 0.4) is 0 Å². The summed E-state index contributed by atoms with van der Waals surface area (Å²) in [5.74, 6) is -0.961. The summed E-state index contributed by atoms with van der Waals surface area (Å²) >= 11 is 5.94. The van der Waals surface area contributed by atoms with E-state index in [1.54, 1.807) is 30.3 Å². The second-order valence-electron chi connectivity index (χ2n) is 3.00. The van der Waals surface area contributed by atoms with Crippen LogP contribution in [0.2, 0.25) is 0 Å². The summed E-state index contributed by atoms with van der Waals surface area (Å²) in [6, 6.07) is 6.66. The molecule has 1 N–H and O–H groups in total. The van der Waals surface area contributed by atoms with E-state index in [4.69, 9.17) is 5.11 Å². The molecule has 0 aliphatic rings. The fourth-order valence-corrected chi connectivity index (χ4v) is 1.74. The lowest BCUT2D eigenvalue weighted by molar-refractivity contribution is -0.132. The van der Waals surface area contributed by atoms with Crippen molar-refractivity contribution in [3.63, 3.8) is 0 Å².